The maximum absolute atomic E-state index is 12.3. The molecule has 0 aromatic carbocycles. The smallest absolute Gasteiger partial charge is 0.229 e. The Hall–Kier alpha value is -2.17. The molecule has 0 atom stereocenters. The molecule has 0 aliphatic rings. The normalized spacial score (nSPS) is 11.1. The minimum atomic E-state index is -0.0425. The Morgan fingerprint density at radius 2 is 2.00 bits per heavy atom. The number of nitrogens with zero attached hydrogens (tertiary/aromatic N) is 4. The lowest BCUT2D eigenvalue weighted by Crippen LogP contribution is -2.39. The molecule has 0 bridgehead atoms. The summed E-state index contributed by atoms with van der Waals surface area (Å²) in [5, 5.41) is 4.31. The third kappa shape index (κ3) is 2.87. The summed E-state index contributed by atoms with van der Waals surface area (Å²) in [4.78, 5) is 18.2. The molecule has 0 saturated heterocycles. The van der Waals surface area contributed by atoms with Crippen LogP contribution in [-0.4, -0.2) is 26.7 Å². The highest BCUT2D eigenvalue weighted by molar-refractivity contribution is 5.94. The molecule has 2 aromatic rings. The summed E-state index contributed by atoms with van der Waals surface area (Å²) in [6.45, 7) is 7.82. The van der Waals surface area contributed by atoms with E-state index in [1.807, 2.05) is 46.0 Å². The van der Waals surface area contributed by atoms with Gasteiger partial charge < -0.3 is 4.90 Å². The number of hydrogen-bond donors (Lipinski definition) is 0. The minimum absolute atomic E-state index is 0.0425. The van der Waals surface area contributed by atoms with Gasteiger partial charge in [0.15, 0.2) is 0 Å². The summed E-state index contributed by atoms with van der Waals surface area (Å²) >= 11 is 0. The van der Waals surface area contributed by atoms with E-state index in [0.717, 1.165) is 11.4 Å². The van der Waals surface area contributed by atoms with Crippen molar-refractivity contribution in [3.8, 4) is 5.69 Å². The van der Waals surface area contributed by atoms with Crippen molar-refractivity contribution in [3.05, 3.63) is 36.9 Å². The van der Waals surface area contributed by atoms with Gasteiger partial charge in [-0.15, -0.1) is 0 Å². The molecule has 5 heteroatoms. The molecule has 1 amide bonds. The lowest BCUT2D eigenvalue weighted by molar-refractivity contribution is -0.121. The second-order valence-electron chi connectivity index (χ2n) is 5.31. The summed E-state index contributed by atoms with van der Waals surface area (Å²) in [7, 11) is 0. The molecule has 0 aliphatic heterocycles. The van der Waals surface area contributed by atoms with Crippen LogP contribution in [0.2, 0.25) is 0 Å². The van der Waals surface area contributed by atoms with Crippen LogP contribution in [0.4, 0.5) is 5.69 Å². The van der Waals surface area contributed by atoms with E-state index in [2.05, 4.69) is 10.1 Å². The third-order valence-electron chi connectivity index (χ3n) is 3.01. The number of rotatable bonds is 4. The van der Waals surface area contributed by atoms with Gasteiger partial charge >= 0.3 is 0 Å². The molecule has 2 heterocycles. The maximum atomic E-state index is 12.3. The highest BCUT2D eigenvalue weighted by atomic mass is 16.2. The fourth-order valence-corrected chi connectivity index (χ4v) is 2.03. The fraction of sp³-hybridized carbons (Fsp3) is 0.400. The SMILES string of the molecule is CC(C)C(=O)N(c1cnn(-c2cccnc2)c1)C(C)C. The van der Waals surface area contributed by atoms with Crippen LogP contribution >= 0.6 is 0 Å². The van der Waals surface area contributed by atoms with Crippen LogP contribution in [0.25, 0.3) is 5.69 Å². The van der Waals surface area contributed by atoms with Gasteiger partial charge in [-0.3, -0.25) is 9.78 Å². The van der Waals surface area contributed by atoms with Crippen molar-refractivity contribution in [3.63, 3.8) is 0 Å². The van der Waals surface area contributed by atoms with Crippen LogP contribution in [0.5, 0.6) is 0 Å². The summed E-state index contributed by atoms with van der Waals surface area (Å²) in [6, 6.07) is 3.88. The Bertz CT molecular complexity index is 575. The molecular formula is C15H20N4O. The van der Waals surface area contributed by atoms with E-state index in [9.17, 15) is 4.79 Å². The number of hydrogen-bond acceptors (Lipinski definition) is 3. The zero-order chi connectivity index (χ0) is 14.7. The van der Waals surface area contributed by atoms with Crippen molar-refractivity contribution in [2.24, 2.45) is 5.92 Å². The topological polar surface area (TPSA) is 51.0 Å². The Labute approximate surface area is 119 Å². The van der Waals surface area contributed by atoms with E-state index >= 15 is 0 Å². The first-order valence-corrected chi connectivity index (χ1v) is 6.79. The van der Waals surface area contributed by atoms with Gasteiger partial charge in [-0.25, -0.2) is 4.68 Å². The first-order valence-electron chi connectivity index (χ1n) is 6.79. The van der Waals surface area contributed by atoms with Gasteiger partial charge in [0.25, 0.3) is 0 Å². The standard InChI is InChI=1S/C15H20N4O/c1-11(2)15(20)19(12(3)4)14-9-17-18(10-14)13-6-5-7-16-8-13/h5-12H,1-4H3. The molecule has 20 heavy (non-hydrogen) atoms. The van der Waals surface area contributed by atoms with Crippen molar-refractivity contribution in [1.82, 2.24) is 14.8 Å². The van der Waals surface area contributed by atoms with Crippen LogP contribution in [0.3, 0.4) is 0 Å². The molecule has 0 N–H and O–H groups in total. The quantitative estimate of drug-likeness (QED) is 0.859. The van der Waals surface area contributed by atoms with E-state index in [4.69, 9.17) is 0 Å². The molecule has 0 fully saturated rings. The second-order valence-corrected chi connectivity index (χ2v) is 5.31. The van der Waals surface area contributed by atoms with Crippen LogP contribution in [-0.2, 0) is 4.79 Å². The van der Waals surface area contributed by atoms with Crippen molar-refractivity contribution in [1.29, 1.82) is 0 Å². The van der Waals surface area contributed by atoms with Gasteiger partial charge in [0, 0.05) is 18.2 Å². The monoisotopic (exact) mass is 272 g/mol. The Kier molecular flexibility index (Phi) is 4.17. The number of carbonyl (C=O) groups excluding carboxylic acids is 1. The average Bonchev–Trinajstić information content (AvgIpc) is 2.88. The van der Waals surface area contributed by atoms with E-state index in [-0.39, 0.29) is 17.9 Å². The minimum Gasteiger partial charge on any atom is -0.307 e. The molecule has 0 radical (unpaired) electrons. The summed E-state index contributed by atoms with van der Waals surface area (Å²) in [5.41, 5.74) is 1.68. The van der Waals surface area contributed by atoms with Gasteiger partial charge in [0.2, 0.25) is 5.91 Å². The zero-order valence-corrected chi connectivity index (χ0v) is 12.3. The van der Waals surface area contributed by atoms with Crippen molar-refractivity contribution in [2.75, 3.05) is 4.90 Å². The zero-order valence-electron chi connectivity index (χ0n) is 12.3. The molecule has 0 spiro atoms. The first-order chi connectivity index (χ1) is 9.50. The van der Waals surface area contributed by atoms with Crippen LogP contribution < -0.4 is 4.90 Å². The number of carbonyl (C=O) groups is 1. The average molecular weight is 272 g/mol. The Morgan fingerprint density at radius 3 is 2.55 bits per heavy atom. The van der Waals surface area contributed by atoms with E-state index in [0.29, 0.717) is 0 Å². The molecule has 106 valence electrons. The van der Waals surface area contributed by atoms with Crippen LogP contribution in [0, 0.1) is 5.92 Å². The van der Waals surface area contributed by atoms with Gasteiger partial charge in [-0.2, -0.15) is 5.10 Å². The predicted octanol–water partition coefficient (Wildman–Crippen LogP) is 2.66. The highest BCUT2D eigenvalue weighted by Crippen LogP contribution is 2.20. The van der Waals surface area contributed by atoms with E-state index in [1.165, 1.54) is 0 Å². The molecule has 5 nitrogen and oxygen atoms in total. The third-order valence-corrected chi connectivity index (χ3v) is 3.01. The molecule has 0 unspecified atom stereocenters. The Morgan fingerprint density at radius 1 is 1.25 bits per heavy atom. The number of pyridine rings is 1. The fourth-order valence-electron chi connectivity index (χ4n) is 2.03. The number of anilines is 1. The van der Waals surface area contributed by atoms with Crippen LogP contribution in [0.15, 0.2) is 36.9 Å². The van der Waals surface area contributed by atoms with Gasteiger partial charge in [0.1, 0.15) is 0 Å². The molecule has 0 aliphatic carbocycles. The molecule has 0 saturated carbocycles. The summed E-state index contributed by atoms with van der Waals surface area (Å²) < 4.78 is 1.73. The van der Waals surface area contributed by atoms with E-state index < -0.39 is 0 Å². The highest BCUT2D eigenvalue weighted by Gasteiger charge is 2.23. The van der Waals surface area contributed by atoms with Crippen molar-refractivity contribution < 1.29 is 4.79 Å². The number of aromatic nitrogens is 3. The maximum Gasteiger partial charge on any atom is 0.229 e. The van der Waals surface area contributed by atoms with Crippen LogP contribution in [0.1, 0.15) is 27.7 Å². The second kappa shape index (κ2) is 5.86. The number of amides is 1. The summed E-state index contributed by atoms with van der Waals surface area (Å²) in [5.74, 6) is 0.0601. The molecule has 2 aromatic heterocycles. The Balaban J connectivity index is 2.33. The lowest BCUT2D eigenvalue weighted by Gasteiger charge is -2.26. The van der Waals surface area contributed by atoms with Gasteiger partial charge in [-0.1, -0.05) is 13.8 Å². The largest absolute Gasteiger partial charge is 0.307 e. The first kappa shape index (κ1) is 14.2. The van der Waals surface area contributed by atoms with Crippen molar-refractivity contribution in [2.45, 2.75) is 33.7 Å². The van der Waals surface area contributed by atoms with Gasteiger partial charge in [0.05, 0.1) is 30.0 Å². The van der Waals surface area contributed by atoms with E-state index in [1.54, 1.807) is 28.2 Å². The van der Waals surface area contributed by atoms with Gasteiger partial charge in [-0.05, 0) is 26.0 Å². The predicted molar refractivity (Wildman–Crippen MR) is 78.8 cm³/mol. The van der Waals surface area contributed by atoms with Crippen molar-refractivity contribution >= 4 is 11.6 Å². The summed E-state index contributed by atoms with van der Waals surface area (Å²) in [6.07, 6.45) is 7.03. The lowest BCUT2D eigenvalue weighted by atomic mass is 10.1. The molecule has 2 rings (SSSR count). The molecular weight excluding hydrogens is 252 g/mol.